The van der Waals surface area contributed by atoms with E-state index in [2.05, 4.69) is 22.5 Å². The number of nitrogens with one attached hydrogen (secondary N) is 2. The van der Waals surface area contributed by atoms with Crippen molar-refractivity contribution in [2.45, 2.75) is 91.7 Å². The van der Waals surface area contributed by atoms with Gasteiger partial charge in [0.2, 0.25) is 0 Å². The lowest BCUT2D eigenvalue weighted by Crippen LogP contribution is -2.38. The van der Waals surface area contributed by atoms with Gasteiger partial charge in [0.1, 0.15) is 12.4 Å². The van der Waals surface area contributed by atoms with Crippen LogP contribution in [-0.2, 0) is 32.0 Å². The Morgan fingerprint density at radius 1 is 1.14 bits per heavy atom. The Kier molecular flexibility index (Phi) is 13.6. The number of fused-ring (bicyclic) bond motifs is 1. The van der Waals surface area contributed by atoms with Crippen LogP contribution in [0.2, 0.25) is 0 Å². The van der Waals surface area contributed by atoms with Crippen molar-refractivity contribution in [1.82, 2.24) is 10.2 Å². The molecule has 1 aromatic rings. The number of ether oxygens (including phenoxy) is 4. The lowest BCUT2D eigenvalue weighted by atomic mass is 9.93. The average Bonchev–Trinajstić information content (AvgIpc) is 3.38. The van der Waals surface area contributed by atoms with Crippen LogP contribution in [0.3, 0.4) is 0 Å². The fourth-order valence-corrected chi connectivity index (χ4v) is 5.40. The number of anilines is 1. The fraction of sp³-hybridized carbons (Fsp3) is 0.656. The molecule has 0 aromatic heterocycles. The first-order chi connectivity index (χ1) is 20.3. The number of allylic oxidation sites excluding steroid dienone is 2. The number of amides is 2. The van der Waals surface area contributed by atoms with Crippen molar-refractivity contribution in [3.63, 3.8) is 0 Å². The molecule has 0 radical (unpaired) electrons. The van der Waals surface area contributed by atoms with E-state index in [9.17, 15) is 14.4 Å². The maximum Gasteiger partial charge on any atom is 0.341 e. The molecule has 0 saturated carbocycles. The van der Waals surface area contributed by atoms with Gasteiger partial charge in [-0.25, -0.2) is 9.59 Å². The highest BCUT2D eigenvalue weighted by Crippen LogP contribution is 2.41. The van der Waals surface area contributed by atoms with Crippen molar-refractivity contribution >= 4 is 23.7 Å². The van der Waals surface area contributed by atoms with E-state index in [4.69, 9.17) is 18.9 Å². The monoisotopic (exact) mass is 587 g/mol. The Labute approximate surface area is 250 Å². The van der Waals surface area contributed by atoms with Crippen LogP contribution in [0.4, 0.5) is 10.5 Å². The predicted molar refractivity (Wildman–Crippen MR) is 162 cm³/mol. The second kappa shape index (κ2) is 17.1. The Hall–Kier alpha value is -3.11. The van der Waals surface area contributed by atoms with E-state index in [0.717, 1.165) is 81.7 Å². The van der Waals surface area contributed by atoms with E-state index in [1.54, 1.807) is 7.11 Å². The molecule has 2 heterocycles. The van der Waals surface area contributed by atoms with Crippen LogP contribution in [0.25, 0.3) is 0 Å². The van der Waals surface area contributed by atoms with Crippen LogP contribution >= 0.6 is 0 Å². The van der Waals surface area contributed by atoms with Crippen LogP contribution in [0, 0.1) is 6.92 Å². The minimum atomic E-state index is -0.456. The van der Waals surface area contributed by atoms with Gasteiger partial charge in [0.05, 0.1) is 38.2 Å². The normalized spacial score (nSPS) is 16.0. The van der Waals surface area contributed by atoms with E-state index in [1.807, 2.05) is 26.8 Å². The minimum absolute atomic E-state index is 0.0435. The zero-order valence-electron chi connectivity index (χ0n) is 26.1. The highest BCUT2D eigenvalue weighted by atomic mass is 16.5. The van der Waals surface area contributed by atoms with Gasteiger partial charge >= 0.3 is 18.0 Å². The summed E-state index contributed by atoms with van der Waals surface area (Å²) in [7, 11) is 1.59. The van der Waals surface area contributed by atoms with Gasteiger partial charge in [-0.3, -0.25) is 9.69 Å². The molecular formula is C32H49N3O7. The smallest absolute Gasteiger partial charge is 0.341 e. The lowest BCUT2D eigenvalue weighted by molar-refractivity contribution is -0.143. The standard InChI is InChI=1S/C32H49N3O7/c1-6-8-10-24(7-2)33-32(38)34-29-25(30(39-5)23(4)26-21-42-31(37)28(26)29)13-11-22(3)12-14-27(36)41-18-9-15-35-16-19-40-20-17-35/h11,24H,6-10,12-21H2,1-5H3,(H2,33,34,38)/b22-11+. The molecule has 42 heavy (non-hydrogen) atoms. The van der Waals surface area contributed by atoms with Crippen molar-refractivity contribution in [3.8, 4) is 5.75 Å². The molecule has 0 bridgehead atoms. The SMILES string of the molecule is CCCCC(CC)NC(=O)Nc1c(C/C=C(\C)CCC(=O)OCCCN2CCOCC2)c(OC)c(C)c2c1C(=O)OC2. The molecule has 1 fully saturated rings. The Balaban J connectivity index is 1.66. The molecule has 10 heteroatoms. The van der Waals surface area contributed by atoms with Crippen LogP contribution < -0.4 is 15.4 Å². The summed E-state index contributed by atoms with van der Waals surface area (Å²) < 4.78 is 22.0. The Morgan fingerprint density at radius 2 is 1.90 bits per heavy atom. The number of hydrogen-bond acceptors (Lipinski definition) is 8. The molecule has 1 aromatic carbocycles. The number of benzene rings is 1. The average molecular weight is 588 g/mol. The second-order valence-electron chi connectivity index (χ2n) is 11.1. The van der Waals surface area contributed by atoms with Crippen molar-refractivity contribution in [2.24, 2.45) is 0 Å². The first-order valence-electron chi connectivity index (χ1n) is 15.4. The number of unbranched alkanes of at least 4 members (excludes halogenated alkanes) is 1. The number of methoxy groups -OCH3 is 1. The number of cyclic esters (lactones) is 1. The third-order valence-electron chi connectivity index (χ3n) is 8.01. The van der Waals surface area contributed by atoms with Crippen LogP contribution in [0.5, 0.6) is 5.75 Å². The van der Waals surface area contributed by atoms with E-state index in [-0.39, 0.29) is 31.1 Å². The molecule has 10 nitrogen and oxygen atoms in total. The van der Waals surface area contributed by atoms with Gasteiger partial charge in [-0.2, -0.15) is 0 Å². The molecular weight excluding hydrogens is 538 g/mol. The Morgan fingerprint density at radius 3 is 2.60 bits per heavy atom. The zero-order valence-corrected chi connectivity index (χ0v) is 26.1. The molecule has 3 rings (SSSR count). The van der Waals surface area contributed by atoms with E-state index < -0.39 is 5.97 Å². The van der Waals surface area contributed by atoms with Gasteiger partial charge < -0.3 is 29.6 Å². The largest absolute Gasteiger partial charge is 0.496 e. The number of morpholine rings is 1. The van der Waals surface area contributed by atoms with Crippen molar-refractivity contribution in [1.29, 1.82) is 0 Å². The molecule has 1 unspecified atom stereocenters. The van der Waals surface area contributed by atoms with E-state index in [1.165, 1.54) is 0 Å². The molecule has 2 N–H and O–H groups in total. The number of carbonyl (C=O) groups is 3. The number of rotatable bonds is 16. The number of carbonyl (C=O) groups excluding carboxylic acids is 3. The van der Waals surface area contributed by atoms with Crippen LogP contribution in [0.15, 0.2) is 11.6 Å². The first-order valence-corrected chi connectivity index (χ1v) is 15.4. The van der Waals surface area contributed by atoms with Gasteiger partial charge in [0.15, 0.2) is 0 Å². The summed E-state index contributed by atoms with van der Waals surface area (Å²) >= 11 is 0. The molecule has 0 spiro atoms. The predicted octanol–water partition coefficient (Wildman–Crippen LogP) is 5.30. The summed E-state index contributed by atoms with van der Waals surface area (Å²) in [6.45, 7) is 12.9. The third-order valence-corrected chi connectivity index (χ3v) is 8.01. The molecule has 2 amide bonds. The molecule has 1 saturated heterocycles. The van der Waals surface area contributed by atoms with Crippen LogP contribution in [0.1, 0.15) is 92.8 Å². The minimum Gasteiger partial charge on any atom is -0.496 e. The fourth-order valence-electron chi connectivity index (χ4n) is 5.40. The molecule has 2 aliphatic rings. The van der Waals surface area contributed by atoms with Crippen LogP contribution in [-0.4, -0.2) is 75.5 Å². The topological polar surface area (TPSA) is 115 Å². The van der Waals surface area contributed by atoms with Crippen molar-refractivity contribution in [3.05, 3.63) is 33.9 Å². The number of urea groups is 1. The summed E-state index contributed by atoms with van der Waals surface area (Å²) in [5, 5.41) is 6.02. The second-order valence-corrected chi connectivity index (χ2v) is 11.1. The lowest BCUT2D eigenvalue weighted by Gasteiger charge is -2.26. The summed E-state index contributed by atoms with van der Waals surface area (Å²) in [5.74, 6) is -0.0579. The van der Waals surface area contributed by atoms with Gasteiger partial charge in [0.25, 0.3) is 0 Å². The first kappa shape index (κ1) is 33.4. The number of esters is 2. The van der Waals surface area contributed by atoms with E-state index >= 15 is 0 Å². The number of hydrogen-bond donors (Lipinski definition) is 2. The summed E-state index contributed by atoms with van der Waals surface area (Å²) in [5.41, 5.74) is 4.05. The van der Waals surface area contributed by atoms with Gasteiger partial charge in [-0.05, 0) is 51.5 Å². The highest BCUT2D eigenvalue weighted by Gasteiger charge is 2.33. The number of nitrogens with zero attached hydrogens (tertiary/aromatic N) is 1. The summed E-state index contributed by atoms with van der Waals surface area (Å²) in [6, 6.07) is -0.314. The molecule has 1 atom stereocenters. The summed E-state index contributed by atoms with van der Waals surface area (Å²) in [6.07, 6.45) is 7.85. The van der Waals surface area contributed by atoms with Crippen molar-refractivity contribution in [2.75, 3.05) is 51.9 Å². The maximum absolute atomic E-state index is 13.1. The molecule has 2 aliphatic heterocycles. The van der Waals surface area contributed by atoms with E-state index in [0.29, 0.717) is 42.0 Å². The van der Waals surface area contributed by atoms with Gasteiger partial charge in [0, 0.05) is 43.2 Å². The van der Waals surface area contributed by atoms with Crippen molar-refractivity contribution < 1.29 is 33.3 Å². The zero-order chi connectivity index (χ0) is 30.5. The third kappa shape index (κ3) is 9.46. The highest BCUT2D eigenvalue weighted by molar-refractivity contribution is 6.05. The Bertz CT molecular complexity index is 1110. The van der Waals surface area contributed by atoms with Gasteiger partial charge in [-0.1, -0.05) is 38.3 Å². The summed E-state index contributed by atoms with van der Waals surface area (Å²) in [4.78, 5) is 40.6. The van der Waals surface area contributed by atoms with Gasteiger partial charge in [-0.15, -0.1) is 0 Å². The maximum atomic E-state index is 13.1. The molecule has 0 aliphatic carbocycles. The molecule has 234 valence electrons. The quantitative estimate of drug-likeness (QED) is 0.152.